The molecule has 0 aliphatic rings. The molecule has 0 aliphatic carbocycles. The van der Waals surface area contributed by atoms with Crippen molar-refractivity contribution in [2.75, 3.05) is 0 Å². The Balaban J connectivity index is 2.76. The molecule has 1 aromatic heterocycles. The maximum absolute atomic E-state index is 6.25. The zero-order valence-electron chi connectivity index (χ0n) is 8.60. The number of halogens is 1. The molecule has 0 aliphatic heterocycles. The number of hydrogen-bond acceptors (Lipinski definition) is 2. The monoisotopic (exact) mass is 220 g/mol. The Morgan fingerprint density at radius 1 is 1.67 bits per heavy atom. The van der Waals surface area contributed by atoms with Gasteiger partial charge in [-0.05, 0) is 31.3 Å². The van der Waals surface area contributed by atoms with Gasteiger partial charge in [-0.15, -0.1) is 11.6 Å². The van der Waals surface area contributed by atoms with Crippen molar-refractivity contribution in [2.45, 2.75) is 12.3 Å². The Hall–Kier alpha value is -1.41. The first-order valence-electron chi connectivity index (χ1n) is 4.59. The van der Waals surface area contributed by atoms with E-state index in [1.807, 2.05) is 31.2 Å². The van der Waals surface area contributed by atoms with E-state index in [1.54, 1.807) is 18.6 Å². The van der Waals surface area contributed by atoms with Crippen molar-refractivity contribution in [1.82, 2.24) is 4.98 Å². The summed E-state index contributed by atoms with van der Waals surface area (Å²) in [4.78, 5) is 7.64. The molecular weight excluding hydrogens is 208 g/mol. The van der Waals surface area contributed by atoms with Crippen LogP contribution in [-0.2, 0) is 0 Å². The van der Waals surface area contributed by atoms with Gasteiger partial charge >= 0.3 is 0 Å². The van der Waals surface area contributed by atoms with Crippen LogP contribution in [0.1, 0.15) is 17.9 Å². The highest BCUT2D eigenvalue weighted by molar-refractivity contribution is 6.22. The number of hydrogen-bond donors (Lipinski definition) is 0. The summed E-state index contributed by atoms with van der Waals surface area (Å²) in [6, 6.07) is 3.83. The van der Waals surface area contributed by atoms with Gasteiger partial charge in [0.05, 0.1) is 5.38 Å². The van der Waals surface area contributed by atoms with E-state index in [1.165, 1.54) is 0 Å². The second-order valence-corrected chi connectivity index (χ2v) is 3.52. The molecule has 15 heavy (non-hydrogen) atoms. The summed E-state index contributed by atoms with van der Waals surface area (Å²) in [5.74, 6) is 0. The van der Waals surface area contributed by atoms with Crippen molar-refractivity contribution < 1.29 is 0 Å². The molecule has 0 amide bonds. The summed E-state index contributed by atoms with van der Waals surface area (Å²) in [5.41, 5.74) is 2.04. The highest BCUT2D eigenvalue weighted by Gasteiger charge is 2.08. The maximum Gasteiger partial charge on any atom is 0.0810 e. The average molecular weight is 221 g/mol. The minimum absolute atomic E-state index is 0.145. The van der Waals surface area contributed by atoms with Crippen molar-refractivity contribution in [3.63, 3.8) is 0 Å². The van der Waals surface area contributed by atoms with Gasteiger partial charge in [-0.2, -0.15) is 0 Å². The van der Waals surface area contributed by atoms with E-state index in [-0.39, 0.29) is 5.38 Å². The van der Waals surface area contributed by atoms with Crippen molar-refractivity contribution in [3.05, 3.63) is 54.0 Å². The smallest absolute Gasteiger partial charge is 0.0810 e. The number of pyridine rings is 1. The Labute approximate surface area is 95.0 Å². The van der Waals surface area contributed by atoms with Crippen molar-refractivity contribution >= 4 is 18.3 Å². The lowest BCUT2D eigenvalue weighted by atomic mass is 10.1. The Morgan fingerprint density at radius 2 is 2.47 bits per heavy atom. The fourth-order valence-corrected chi connectivity index (χ4v) is 1.33. The zero-order chi connectivity index (χ0) is 11.1. The topological polar surface area (TPSA) is 25.2 Å². The standard InChI is InChI=1S/C12H13ClN2/c1-10(5-3-7-14-2)12(13)11-6-4-8-15-9-11/h3-9,12H,2H2,1H3/b7-3-,10-5+. The van der Waals surface area contributed by atoms with Crippen LogP contribution in [0.15, 0.2) is 53.4 Å². The largest absolute Gasteiger partial charge is 0.273 e. The molecular formula is C12H13ClN2. The number of nitrogens with zero attached hydrogens (tertiary/aromatic N) is 2. The molecule has 0 bridgehead atoms. The quantitative estimate of drug-likeness (QED) is 0.433. The van der Waals surface area contributed by atoms with Gasteiger partial charge in [0.25, 0.3) is 0 Å². The van der Waals surface area contributed by atoms with Crippen LogP contribution in [0.2, 0.25) is 0 Å². The van der Waals surface area contributed by atoms with Gasteiger partial charge in [-0.1, -0.05) is 17.7 Å². The highest BCUT2D eigenvalue weighted by atomic mass is 35.5. The minimum Gasteiger partial charge on any atom is -0.273 e. The molecule has 1 unspecified atom stereocenters. The van der Waals surface area contributed by atoms with E-state index in [2.05, 4.69) is 16.7 Å². The minimum atomic E-state index is -0.145. The molecule has 1 atom stereocenters. The van der Waals surface area contributed by atoms with E-state index in [0.29, 0.717) is 0 Å². The molecule has 0 spiro atoms. The van der Waals surface area contributed by atoms with Gasteiger partial charge in [0, 0.05) is 18.6 Å². The SMILES string of the molecule is C=N/C=C\C=C(/C)C(Cl)c1cccnc1. The molecule has 0 saturated carbocycles. The Kier molecular flexibility index (Phi) is 4.78. The summed E-state index contributed by atoms with van der Waals surface area (Å²) >= 11 is 6.25. The number of allylic oxidation sites excluding steroid dienone is 3. The third kappa shape index (κ3) is 3.68. The summed E-state index contributed by atoms with van der Waals surface area (Å²) < 4.78 is 0. The summed E-state index contributed by atoms with van der Waals surface area (Å²) in [6.07, 6.45) is 8.85. The first kappa shape index (κ1) is 11.7. The number of alkyl halides is 1. The van der Waals surface area contributed by atoms with Crippen molar-refractivity contribution in [2.24, 2.45) is 4.99 Å². The lowest BCUT2D eigenvalue weighted by Gasteiger charge is -2.08. The first-order valence-corrected chi connectivity index (χ1v) is 5.02. The Bertz CT molecular complexity index is 368. The molecule has 0 fully saturated rings. The normalized spacial score (nSPS) is 14.1. The molecule has 0 radical (unpaired) electrons. The van der Waals surface area contributed by atoms with Crippen molar-refractivity contribution in [3.8, 4) is 0 Å². The fourth-order valence-electron chi connectivity index (χ4n) is 1.13. The predicted molar refractivity (Wildman–Crippen MR) is 65.3 cm³/mol. The third-order valence-electron chi connectivity index (χ3n) is 1.93. The van der Waals surface area contributed by atoms with E-state index < -0.39 is 0 Å². The van der Waals surface area contributed by atoms with Crippen LogP contribution in [0, 0.1) is 0 Å². The molecule has 0 aromatic carbocycles. The summed E-state index contributed by atoms with van der Waals surface area (Å²) in [5, 5.41) is -0.145. The van der Waals surface area contributed by atoms with Crippen molar-refractivity contribution in [1.29, 1.82) is 0 Å². The van der Waals surface area contributed by atoms with Gasteiger partial charge in [-0.3, -0.25) is 9.98 Å². The highest BCUT2D eigenvalue weighted by Crippen LogP contribution is 2.27. The van der Waals surface area contributed by atoms with E-state index in [4.69, 9.17) is 11.6 Å². The van der Waals surface area contributed by atoms with Gasteiger partial charge in [0.2, 0.25) is 0 Å². The number of rotatable bonds is 4. The Morgan fingerprint density at radius 3 is 3.07 bits per heavy atom. The van der Waals surface area contributed by atoms with Gasteiger partial charge in [0.15, 0.2) is 0 Å². The second-order valence-electron chi connectivity index (χ2n) is 3.08. The van der Waals surface area contributed by atoms with Gasteiger partial charge in [-0.25, -0.2) is 0 Å². The third-order valence-corrected chi connectivity index (χ3v) is 2.52. The molecule has 0 saturated heterocycles. The van der Waals surface area contributed by atoms with Crippen LogP contribution in [0.5, 0.6) is 0 Å². The fraction of sp³-hybridized carbons (Fsp3) is 0.167. The van der Waals surface area contributed by atoms with Crippen LogP contribution >= 0.6 is 11.6 Å². The van der Waals surface area contributed by atoms with E-state index >= 15 is 0 Å². The lowest BCUT2D eigenvalue weighted by Crippen LogP contribution is -1.92. The first-order chi connectivity index (χ1) is 7.25. The van der Waals surface area contributed by atoms with Gasteiger partial charge in [0.1, 0.15) is 0 Å². The molecule has 0 N–H and O–H groups in total. The zero-order valence-corrected chi connectivity index (χ0v) is 9.35. The summed E-state index contributed by atoms with van der Waals surface area (Å²) in [7, 11) is 0. The molecule has 78 valence electrons. The maximum atomic E-state index is 6.25. The van der Waals surface area contributed by atoms with Crippen LogP contribution < -0.4 is 0 Å². The molecule has 1 heterocycles. The van der Waals surface area contributed by atoms with E-state index in [9.17, 15) is 0 Å². The van der Waals surface area contributed by atoms with E-state index in [0.717, 1.165) is 11.1 Å². The second kappa shape index (κ2) is 6.14. The summed E-state index contributed by atoms with van der Waals surface area (Å²) in [6.45, 7) is 5.32. The molecule has 3 heteroatoms. The average Bonchev–Trinajstić information content (AvgIpc) is 2.29. The molecule has 1 rings (SSSR count). The number of aromatic nitrogens is 1. The van der Waals surface area contributed by atoms with Crippen LogP contribution in [0.4, 0.5) is 0 Å². The van der Waals surface area contributed by atoms with Crippen LogP contribution in [0.25, 0.3) is 0 Å². The van der Waals surface area contributed by atoms with Crippen LogP contribution in [0.3, 0.4) is 0 Å². The van der Waals surface area contributed by atoms with Crippen LogP contribution in [-0.4, -0.2) is 11.7 Å². The number of aliphatic imine (C=N–C) groups is 1. The molecule has 1 aromatic rings. The van der Waals surface area contributed by atoms with Gasteiger partial charge < -0.3 is 0 Å². The molecule has 2 nitrogen and oxygen atoms in total. The predicted octanol–water partition coefficient (Wildman–Crippen LogP) is 3.52. The lowest BCUT2D eigenvalue weighted by molar-refractivity contribution is 1.07.